The molecule has 1 atom stereocenters. The van der Waals surface area contributed by atoms with Crippen LogP contribution in [0.25, 0.3) is 0 Å². The summed E-state index contributed by atoms with van der Waals surface area (Å²) in [6, 6.07) is 10.3. The topological polar surface area (TPSA) is 91.7 Å². The molecule has 31 heavy (non-hydrogen) atoms. The summed E-state index contributed by atoms with van der Waals surface area (Å²) in [5.74, 6) is 0.0644. The smallest absolute Gasteiger partial charge is 0.228 e. The molecule has 0 bridgehead atoms. The average molecular weight is 421 g/mol. The van der Waals surface area contributed by atoms with Crippen LogP contribution in [0.2, 0.25) is 0 Å². The number of hydrogen-bond donors (Lipinski definition) is 2. The van der Waals surface area contributed by atoms with E-state index in [4.69, 9.17) is 4.42 Å². The van der Waals surface area contributed by atoms with Gasteiger partial charge in [0.2, 0.25) is 11.8 Å². The van der Waals surface area contributed by atoms with Crippen molar-refractivity contribution >= 4 is 29.0 Å². The Hall–Kier alpha value is -3.35. The van der Waals surface area contributed by atoms with Gasteiger partial charge in [-0.25, -0.2) is 0 Å². The molecule has 1 unspecified atom stereocenters. The number of nitrogens with one attached hydrogen (secondary N) is 2. The molecule has 7 heteroatoms. The zero-order valence-corrected chi connectivity index (χ0v) is 18.0. The minimum atomic E-state index is -0.693. The minimum absolute atomic E-state index is 0.00272. The standard InChI is InChI=1S/C24H27N3O4/c1-24(2)13-16-22(18(28)14-24)23(19-9-6-12-31-19)27(21(30)11-10-20(29)25-3)17-8-5-4-7-15(17)26-16/h4-9,12,23,26H,10-11,13-14H2,1-3H3,(H,25,29). The number of nitrogens with zero attached hydrogens (tertiary/aromatic N) is 1. The molecule has 1 aromatic carbocycles. The number of carbonyl (C=O) groups is 3. The van der Waals surface area contributed by atoms with Gasteiger partial charge in [0, 0.05) is 37.6 Å². The van der Waals surface area contributed by atoms with Crippen molar-refractivity contribution in [3.05, 3.63) is 59.7 Å². The van der Waals surface area contributed by atoms with Gasteiger partial charge in [-0.15, -0.1) is 0 Å². The summed E-state index contributed by atoms with van der Waals surface area (Å²) in [7, 11) is 1.54. The van der Waals surface area contributed by atoms with Crippen molar-refractivity contribution in [2.24, 2.45) is 5.41 Å². The van der Waals surface area contributed by atoms with Crippen LogP contribution in [0.4, 0.5) is 11.4 Å². The van der Waals surface area contributed by atoms with Crippen LogP contribution in [0, 0.1) is 5.41 Å². The normalized spacial score (nSPS) is 19.8. The lowest BCUT2D eigenvalue weighted by Crippen LogP contribution is -2.39. The highest BCUT2D eigenvalue weighted by molar-refractivity contribution is 6.06. The van der Waals surface area contributed by atoms with E-state index in [-0.39, 0.29) is 35.9 Å². The van der Waals surface area contributed by atoms with Gasteiger partial charge < -0.3 is 15.1 Å². The van der Waals surface area contributed by atoms with Gasteiger partial charge in [-0.3, -0.25) is 19.3 Å². The number of fused-ring (bicyclic) bond motifs is 1. The van der Waals surface area contributed by atoms with Gasteiger partial charge in [0.25, 0.3) is 0 Å². The summed E-state index contributed by atoms with van der Waals surface area (Å²) < 4.78 is 5.73. The number of Topliss-reactive ketones (excluding diaryl/α,β-unsaturated/α-hetero) is 1. The van der Waals surface area contributed by atoms with Crippen molar-refractivity contribution in [3.8, 4) is 0 Å². The number of anilines is 2. The second-order valence-electron chi connectivity index (χ2n) is 8.83. The van der Waals surface area contributed by atoms with Gasteiger partial charge >= 0.3 is 0 Å². The quantitative estimate of drug-likeness (QED) is 0.780. The average Bonchev–Trinajstić information content (AvgIpc) is 3.20. The molecule has 2 aliphatic rings. The predicted octanol–water partition coefficient (Wildman–Crippen LogP) is 3.95. The maximum Gasteiger partial charge on any atom is 0.228 e. The summed E-state index contributed by atoms with van der Waals surface area (Å²) in [6.45, 7) is 4.14. The van der Waals surface area contributed by atoms with Crippen LogP contribution < -0.4 is 15.5 Å². The number of benzene rings is 1. The fraction of sp³-hybridized carbons (Fsp3) is 0.375. The fourth-order valence-corrected chi connectivity index (χ4v) is 4.44. The van der Waals surface area contributed by atoms with E-state index in [9.17, 15) is 14.4 Å². The Morgan fingerprint density at radius 2 is 1.94 bits per heavy atom. The van der Waals surface area contributed by atoms with Crippen molar-refractivity contribution in [3.63, 3.8) is 0 Å². The third kappa shape index (κ3) is 4.00. The van der Waals surface area contributed by atoms with Crippen LogP contribution in [-0.2, 0) is 14.4 Å². The Kier molecular flexibility index (Phi) is 5.43. The van der Waals surface area contributed by atoms with Gasteiger partial charge in [-0.2, -0.15) is 0 Å². The van der Waals surface area contributed by atoms with Crippen LogP contribution in [0.1, 0.15) is 51.3 Å². The molecule has 7 nitrogen and oxygen atoms in total. The third-order valence-electron chi connectivity index (χ3n) is 5.83. The molecule has 0 saturated heterocycles. The number of ketones is 1. The van der Waals surface area contributed by atoms with E-state index >= 15 is 0 Å². The number of para-hydroxylation sites is 2. The predicted molar refractivity (Wildman–Crippen MR) is 117 cm³/mol. The zero-order valence-electron chi connectivity index (χ0n) is 18.0. The van der Waals surface area contributed by atoms with Crippen molar-refractivity contribution in [1.29, 1.82) is 0 Å². The number of amides is 2. The molecule has 2 N–H and O–H groups in total. The Morgan fingerprint density at radius 1 is 1.16 bits per heavy atom. The SMILES string of the molecule is CNC(=O)CCC(=O)N1c2ccccc2NC2=C(C(=O)CC(C)(C)C2)C1c1ccco1. The first-order valence-corrected chi connectivity index (χ1v) is 10.5. The lowest BCUT2D eigenvalue weighted by atomic mass is 9.74. The highest BCUT2D eigenvalue weighted by Crippen LogP contribution is 2.48. The maximum atomic E-state index is 13.5. The summed E-state index contributed by atoms with van der Waals surface area (Å²) in [4.78, 5) is 40.3. The number of carbonyl (C=O) groups excluding carboxylic acids is 3. The number of rotatable bonds is 4. The molecule has 1 aliphatic heterocycles. The van der Waals surface area contributed by atoms with Crippen molar-refractivity contribution < 1.29 is 18.8 Å². The highest BCUT2D eigenvalue weighted by atomic mass is 16.3. The Labute approximate surface area is 181 Å². The third-order valence-corrected chi connectivity index (χ3v) is 5.83. The van der Waals surface area contributed by atoms with Crippen LogP contribution in [0.3, 0.4) is 0 Å². The molecule has 2 heterocycles. The number of hydrogen-bond acceptors (Lipinski definition) is 5. The molecule has 0 fully saturated rings. The molecule has 1 aliphatic carbocycles. The van der Waals surface area contributed by atoms with Crippen LogP contribution in [0.5, 0.6) is 0 Å². The first kappa shape index (κ1) is 20.9. The van der Waals surface area contributed by atoms with E-state index in [1.807, 2.05) is 24.3 Å². The molecule has 1 aromatic heterocycles. The molecule has 0 saturated carbocycles. The van der Waals surface area contributed by atoms with E-state index in [1.54, 1.807) is 30.3 Å². The van der Waals surface area contributed by atoms with Crippen molar-refractivity contribution in [2.75, 3.05) is 17.3 Å². The molecule has 2 amide bonds. The van der Waals surface area contributed by atoms with Gasteiger partial charge in [-0.1, -0.05) is 26.0 Å². The van der Waals surface area contributed by atoms with Crippen LogP contribution in [-0.4, -0.2) is 24.6 Å². The number of furan rings is 1. The molecule has 4 rings (SSSR count). The van der Waals surface area contributed by atoms with Crippen LogP contribution in [0.15, 0.2) is 58.3 Å². The van der Waals surface area contributed by atoms with Gasteiger partial charge in [-0.05, 0) is 36.1 Å². The second kappa shape index (κ2) is 8.06. The van der Waals surface area contributed by atoms with Crippen LogP contribution >= 0.6 is 0 Å². The van der Waals surface area contributed by atoms with Crippen molar-refractivity contribution in [2.45, 2.75) is 45.6 Å². The van der Waals surface area contributed by atoms with Gasteiger partial charge in [0.1, 0.15) is 11.8 Å². The summed E-state index contributed by atoms with van der Waals surface area (Å²) in [5.41, 5.74) is 2.59. The fourth-order valence-electron chi connectivity index (χ4n) is 4.44. The highest BCUT2D eigenvalue weighted by Gasteiger charge is 2.44. The van der Waals surface area contributed by atoms with Crippen molar-refractivity contribution in [1.82, 2.24) is 5.32 Å². The Balaban J connectivity index is 1.88. The largest absolute Gasteiger partial charge is 0.467 e. The molecular weight excluding hydrogens is 394 g/mol. The van der Waals surface area contributed by atoms with Gasteiger partial charge in [0.15, 0.2) is 5.78 Å². The molecular formula is C24H27N3O4. The lowest BCUT2D eigenvalue weighted by Gasteiger charge is -2.36. The summed E-state index contributed by atoms with van der Waals surface area (Å²) in [5, 5.41) is 6.00. The minimum Gasteiger partial charge on any atom is -0.467 e. The molecule has 0 spiro atoms. The lowest BCUT2D eigenvalue weighted by molar-refractivity contribution is -0.125. The van der Waals surface area contributed by atoms with E-state index in [0.29, 0.717) is 29.9 Å². The van der Waals surface area contributed by atoms with E-state index < -0.39 is 6.04 Å². The molecule has 0 radical (unpaired) electrons. The van der Waals surface area contributed by atoms with Gasteiger partial charge in [0.05, 0.1) is 17.6 Å². The Morgan fingerprint density at radius 3 is 2.65 bits per heavy atom. The first-order valence-electron chi connectivity index (χ1n) is 10.5. The van der Waals surface area contributed by atoms with E-state index in [2.05, 4.69) is 24.5 Å². The maximum absolute atomic E-state index is 13.5. The zero-order chi connectivity index (χ0) is 22.2. The van der Waals surface area contributed by atoms with E-state index in [0.717, 1.165) is 11.4 Å². The first-order chi connectivity index (χ1) is 14.8. The monoisotopic (exact) mass is 421 g/mol. The van der Waals surface area contributed by atoms with E-state index in [1.165, 1.54) is 0 Å². The second-order valence-corrected chi connectivity index (χ2v) is 8.83. The summed E-state index contributed by atoms with van der Waals surface area (Å²) in [6.07, 6.45) is 2.71. The number of allylic oxidation sites excluding steroid dienone is 1. The Bertz CT molecular complexity index is 1050. The molecule has 2 aromatic rings. The summed E-state index contributed by atoms with van der Waals surface area (Å²) >= 11 is 0. The molecule has 162 valence electrons.